The number of methoxy groups -OCH3 is 1. The number of thiophene rings is 1. The Bertz CT molecular complexity index is 666. The van der Waals surface area contributed by atoms with Gasteiger partial charge in [-0.15, -0.1) is 11.3 Å². The van der Waals surface area contributed by atoms with Crippen LogP contribution in [0.2, 0.25) is 0 Å². The molecule has 0 aliphatic heterocycles. The van der Waals surface area contributed by atoms with Crippen LogP contribution in [0.1, 0.15) is 46.4 Å². The Morgan fingerprint density at radius 3 is 2.65 bits per heavy atom. The summed E-state index contributed by atoms with van der Waals surface area (Å²) in [6.45, 7) is 6.66. The number of carbonyl (C=O) groups excluding carboxylic acids is 1. The minimum absolute atomic E-state index is 0.0547. The van der Waals surface area contributed by atoms with Crippen LogP contribution in [0.5, 0.6) is 11.5 Å². The molecule has 4 nitrogen and oxygen atoms in total. The average Bonchev–Trinajstić information content (AvgIpc) is 2.99. The molecule has 2 aromatic rings. The molecule has 1 aromatic carbocycles. The summed E-state index contributed by atoms with van der Waals surface area (Å²) >= 11 is 1.50. The lowest BCUT2D eigenvalue weighted by molar-refractivity contribution is 0.0944. The number of amides is 1. The van der Waals surface area contributed by atoms with E-state index in [2.05, 4.69) is 12.2 Å². The molecule has 0 fully saturated rings. The summed E-state index contributed by atoms with van der Waals surface area (Å²) in [6, 6.07) is 9.45. The van der Waals surface area contributed by atoms with E-state index < -0.39 is 0 Å². The van der Waals surface area contributed by atoms with Crippen molar-refractivity contribution in [3.63, 3.8) is 0 Å². The quantitative estimate of drug-likeness (QED) is 0.819. The summed E-state index contributed by atoms with van der Waals surface area (Å²) in [4.78, 5) is 14.1. The molecule has 0 saturated heterocycles. The van der Waals surface area contributed by atoms with E-state index in [4.69, 9.17) is 9.47 Å². The molecule has 0 radical (unpaired) electrons. The Morgan fingerprint density at radius 2 is 2.04 bits per heavy atom. The van der Waals surface area contributed by atoms with Gasteiger partial charge in [-0.05, 0) is 50.1 Å². The number of hydrogen-bond acceptors (Lipinski definition) is 4. The number of nitrogens with one attached hydrogen (secondary N) is 1. The molecule has 0 spiro atoms. The molecule has 1 N–H and O–H groups in total. The number of aryl methyl sites for hydroxylation is 1. The van der Waals surface area contributed by atoms with Gasteiger partial charge in [-0.2, -0.15) is 0 Å². The molecule has 2 rings (SSSR count). The first kappa shape index (κ1) is 17.3. The summed E-state index contributed by atoms with van der Waals surface area (Å²) in [7, 11) is 1.62. The predicted octanol–water partition coefficient (Wildman–Crippen LogP) is 4.34. The highest BCUT2D eigenvalue weighted by Gasteiger charge is 2.15. The summed E-state index contributed by atoms with van der Waals surface area (Å²) in [5, 5.41) is 3.01. The second-order valence-corrected chi connectivity index (χ2v) is 6.65. The Kier molecular flexibility index (Phi) is 6.04. The minimum atomic E-state index is -0.112. The van der Waals surface area contributed by atoms with Crippen molar-refractivity contribution in [2.24, 2.45) is 0 Å². The molecule has 1 atom stereocenters. The maximum atomic E-state index is 12.2. The van der Waals surface area contributed by atoms with Crippen molar-refractivity contribution >= 4 is 17.2 Å². The maximum absolute atomic E-state index is 12.2. The van der Waals surface area contributed by atoms with Gasteiger partial charge in [0, 0.05) is 4.88 Å². The standard InChI is InChI=1S/C18H23NO3S/c1-5-10-22-15-8-7-14(11-16(15)21-4)13(3)19-18(20)17-9-6-12(2)23-17/h6-9,11,13H,5,10H2,1-4H3,(H,19,20)/t13-/m1/s1. The fourth-order valence-electron chi connectivity index (χ4n) is 2.19. The van der Waals surface area contributed by atoms with Gasteiger partial charge in [0.15, 0.2) is 11.5 Å². The highest BCUT2D eigenvalue weighted by molar-refractivity contribution is 7.13. The Balaban J connectivity index is 2.09. The van der Waals surface area contributed by atoms with Gasteiger partial charge < -0.3 is 14.8 Å². The fourth-order valence-corrected chi connectivity index (χ4v) is 2.96. The summed E-state index contributed by atoms with van der Waals surface area (Å²) < 4.78 is 11.0. The number of carbonyl (C=O) groups is 1. The van der Waals surface area contributed by atoms with Crippen molar-refractivity contribution in [3.05, 3.63) is 45.6 Å². The third-order valence-corrected chi connectivity index (χ3v) is 4.46. The number of ether oxygens (including phenoxy) is 2. The van der Waals surface area contributed by atoms with E-state index in [9.17, 15) is 4.79 Å². The van der Waals surface area contributed by atoms with E-state index >= 15 is 0 Å². The lowest BCUT2D eigenvalue weighted by atomic mass is 10.1. The third kappa shape index (κ3) is 4.48. The first-order chi connectivity index (χ1) is 11.0. The predicted molar refractivity (Wildman–Crippen MR) is 93.7 cm³/mol. The average molecular weight is 333 g/mol. The molecular weight excluding hydrogens is 310 g/mol. The second-order valence-electron chi connectivity index (χ2n) is 5.36. The molecule has 1 heterocycles. The van der Waals surface area contributed by atoms with Gasteiger partial charge in [0.25, 0.3) is 5.91 Å². The van der Waals surface area contributed by atoms with Crippen LogP contribution in [0.3, 0.4) is 0 Å². The summed E-state index contributed by atoms with van der Waals surface area (Å²) in [5.74, 6) is 1.36. The molecule has 0 saturated carbocycles. The van der Waals surface area contributed by atoms with E-state index in [-0.39, 0.29) is 11.9 Å². The first-order valence-corrected chi connectivity index (χ1v) is 8.54. The van der Waals surface area contributed by atoms with Gasteiger partial charge in [0.2, 0.25) is 0 Å². The van der Waals surface area contributed by atoms with Crippen molar-refractivity contribution in [1.82, 2.24) is 5.32 Å². The zero-order valence-electron chi connectivity index (χ0n) is 14.0. The molecule has 124 valence electrons. The fraction of sp³-hybridized carbons (Fsp3) is 0.389. The van der Waals surface area contributed by atoms with Crippen LogP contribution in [-0.2, 0) is 0 Å². The molecular formula is C18H23NO3S. The van der Waals surface area contributed by atoms with E-state index in [1.54, 1.807) is 7.11 Å². The largest absolute Gasteiger partial charge is 0.493 e. The monoisotopic (exact) mass is 333 g/mol. The lowest BCUT2D eigenvalue weighted by Gasteiger charge is -2.17. The van der Waals surface area contributed by atoms with Crippen LogP contribution in [0, 0.1) is 6.92 Å². The molecule has 1 amide bonds. The van der Waals surface area contributed by atoms with Crippen molar-refractivity contribution in [1.29, 1.82) is 0 Å². The molecule has 0 bridgehead atoms. The highest BCUT2D eigenvalue weighted by atomic mass is 32.1. The van der Waals surface area contributed by atoms with Crippen LogP contribution >= 0.6 is 11.3 Å². The first-order valence-electron chi connectivity index (χ1n) is 7.73. The molecule has 5 heteroatoms. The van der Waals surface area contributed by atoms with Gasteiger partial charge >= 0.3 is 0 Å². The van der Waals surface area contributed by atoms with Gasteiger partial charge in [-0.25, -0.2) is 0 Å². The number of benzene rings is 1. The highest BCUT2D eigenvalue weighted by Crippen LogP contribution is 2.30. The molecule has 0 unspecified atom stereocenters. The zero-order valence-corrected chi connectivity index (χ0v) is 14.8. The maximum Gasteiger partial charge on any atom is 0.261 e. The van der Waals surface area contributed by atoms with Crippen LogP contribution in [-0.4, -0.2) is 19.6 Å². The zero-order chi connectivity index (χ0) is 16.8. The number of hydrogen-bond donors (Lipinski definition) is 1. The summed E-state index contributed by atoms with van der Waals surface area (Å²) in [5.41, 5.74) is 0.979. The molecule has 0 aliphatic carbocycles. The summed E-state index contributed by atoms with van der Waals surface area (Å²) in [6.07, 6.45) is 0.942. The smallest absolute Gasteiger partial charge is 0.261 e. The van der Waals surface area contributed by atoms with E-state index in [1.807, 2.05) is 44.2 Å². The van der Waals surface area contributed by atoms with Crippen LogP contribution < -0.4 is 14.8 Å². The number of rotatable bonds is 7. The van der Waals surface area contributed by atoms with Crippen molar-refractivity contribution in [2.45, 2.75) is 33.2 Å². The van der Waals surface area contributed by atoms with Gasteiger partial charge in [-0.3, -0.25) is 4.79 Å². The van der Waals surface area contributed by atoms with Crippen LogP contribution in [0.4, 0.5) is 0 Å². The second kappa shape index (κ2) is 8.02. The Hall–Kier alpha value is -2.01. The topological polar surface area (TPSA) is 47.6 Å². The van der Waals surface area contributed by atoms with Gasteiger partial charge in [-0.1, -0.05) is 13.0 Å². The van der Waals surface area contributed by atoms with Crippen LogP contribution in [0.15, 0.2) is 30.3 Å². The Labute approximate surface area is 141 Å². The molecule has 0 aliphatic rings. The Morgan fingerprint density at radius 1 is 1.26 bits per heavy atom. The van der Waals surface area contributed by atoms with Gasteiger partial charge in [0.05, 0.1) is 24.6 Å². The molecule has 23 heavy (non-hydrogen) atoms. The van der Waals surface area contributed by atoms with E-state index in [0.29, 0.717) is 12.4 Å². The van der Waals surface area contributed by atoms with E-state index in [0.717, 1.165) is 27.5 Å². The van der Waals surface area contributed by atoms with Crippen molar-refractivity contribution in [2.75, 3.05) is 13.7 Å². The van der Waals surface area contributed by atoms with Crippen LogP contribution in [0.25, 0.3) is 0 Å². The van der Waals surface area contributed by atoms with Crippen molar-refractivity contribution in [3.8, 4) is 11.5 Å². The molecule has 1 aromatic heterocycles. The minimum Gasteiger partial charge on any atom is -0.493 e. The van der Waals surface area contributed by atoms with Gasteiger partial charge in [0.1, 0.15) is 0 Å². The van der Waals surface area contributed by atoms with Crippen molar-refractivity contribution < 1.29 is 14.3 Å². The third-order valence-electron chi connectivity index (χ3n) is 3.46. The SMILES string of the molecule is CCCOc1ccc([C@@H](C)NC(=O)c2ccc(C)s2)cc1OC. The lowest BCUT2D eigenvalue weighted by Crippen LogP contribution is -2.25. The van der Waals surface area contributed by atoms with E-state index in [1.165, 1.54) is 11.3 Å². The normalized spacial score (nSPS) is 11.8.